The highest BCUT2D eigenvalue weighted by Crippen LogP contribution is 2.17. The summed E-state index contributed by atoms with van der Waals surface area (Å²) in [6, 6.07) is 5.65. The summed E-state index contributed by atoms with van der Waals surface area (Å²) in [6.45, 7) is 4.50. The fraction of sp³-hybridized carbons (Fsp3) is 0.562. The van der Waals surface area contributed by atoms with E-state index in [1.54, 1.807) is 0 Å². The number of rotatable bonds is 3. The molecule has 0 spiro atoms. The molecule has 0 aromatic heterocycles. The average Bonchev–Trinajstić information content (AvgIpc) is 2.37. The number of anilines is 2. The van der Waals surface area contributed by atoms with Crippen LogP contribution in [-0.2, 0) is 4.79 Å². The van der Waals surface area contributed by atoms with Crippen molar-refractivity contribution in [2.24, 2.45) is 0 Å². The maximum Gasteiger partial charge on any atom is 0.238 e. The Morgan fingerprint density at radius 1 is 1.20 bits per heavy atom. The van der Waals surface area contributed by atoms with Gasteiger partial charge < -0.3 is 11.1 Å². The number of aryl methyl sites for hydroxylation is 1. The van der Waals surface area contributed by atoms with Crippen molar-refractivity contribution in [3.63, 3.8) is 0 Å². The Hall–Kier alpha value is -1.55. The topological polar surface area (TPSA) is 58.4 Å². The number of nitrogen functional groups attached to an aromatic ring is 1. The molecule has 0 aliphatic carbocycles. The van der Waals surface area contributed by atoms with E-state index in [-0.39, 0.29) is 5.91 Å². The van der Waals surface area contributed by atoms with Crippen LogP contribution >= 0.6 is 0 Å². The van der Waals surface area contributed by atoms with Gasteiger partial charge in [-0.3, -0.25) is 9.69 Å². The Morgan fingerprint density at radius 3 is 2.50 bits per heavy atom. The summed E-state index contributed by atoms with van der Waals surface area (Å²) in [7, 11) is 0. The smallest absolute Gasteiger partial charge is 0.238 e. The van der Waals surface area contributed by atoms with E-state index in [0.717, 1.165) is 24.3 Å². The van der Waals surface area contributed by atoms with Gasteiger partial charge in [0.1, 0.15) is 0 Å². The minimum absolute atomic E-state index is 0.0498. The number of amides is 1. The summed E-state index contributed by atoms with van der Waals surface area (Å²) < 4.78 is 0. The molecule has 110 valence electrons. The van der Waals surface area contributed by atoms with E-state index in [0.29, 0.717) is 12.2 Å². The summed E-state index contributed by atoms with van der Waals surface area (Å²) in [5, 5.41) is 2.93. The van der Waals surface area contributed by atoms with Gasteiger partial charge in [0.15, 0.2) is 0 Å². The monoisotopic (exact) mass is 275 g/mol. The molecule has 1 amide bonds. The lowest BCUT2D eigenvalue weighted by molar-refractivity contribution is -0.117. The maximum atomic E-state index is 12.1. The highest BCUT2D eigenvalue weighted by Gasteiger charge is 2.12. The first-order valence-electron chi connectivity index (χ1n) is 7.53. The number of carbonyl (C=O) groups excluding carboxylic acids is 1. The quantitative estimate of drug-likeness (QED) is 0.834. The molecule has 1 heterocycles. The van der Waals surface area contributed by atoms with Crippen LogP contribution in [0.15, 0.2) is 18.2 Å². The Bertz CT molecular complexity index is 451. The van der Waals surface area contributed by atoms with Crippen LogP contribution < -0.4 is 11.1 Å². The molecule has 0 bridgehead atoms. The third kappa shape index (κ3) is 4.53. The molecule has 2 rings (SSSR count). The molecule has 4 nitrogen and oxygen atoms in total. The lowest BCUT2D eigenvalue weighted by atomic mass is 10.1. The van der Waals surface area contributed by atoms with Crippen LogP contribution in [0.3, 0.4) is 0 Å². The van der Waals surface area contributed by atoms with Crippen molar-refractivity contribution in [3.8, 4) is 0 Å². The molecule has 3 N–H and O–H groups in total. The molecule has 1 saturated heterocycles. The third-order valence-corrected chi connectivity index (χ3v) is 3.88. The highest BCUT2D eigenvalue weighted by atomic mass is 16.2. The molecule has 0 radical (unpaired) electrons. The second-order valence-corrected chi connectivity index (χ2v) is 5.66. The summed E-state index contributed by atoms with van der Waals surface area (Å²) in [5.41, 5.74) is 8.39. The number of benzene rings is 1. The molecule has 0 atom stereocenters. The van der Waals surface area contributed by atoms with Crippen LogP contribution in [0, 0.1) is 6.92 Å². The molecular formula is C16H25N3O. The predicted octanol–water partition coefficient (Wildman–Crippen LogP) is 2.78. The molecule has 1 aliphatic heterocycles. The van der Waals surface area contributed by atoms with E-state index in [2.05, 4.69) is 10.2 Å². The molecule has 1 aliphatic rings. The largest absolute Gasteiger partial charge is 0.398 e. The van der Waals surface area contributed by atoms with Gasteiger partial charge in [0.25, 0.3) is 0 Å². The molecule has 1 aromatic carbocycles. The van der Waals surface area contributed by atoms with Gasteiger partial charge >= 0.3 is 0 Å². The molecule has 0 unspecified atom stereocenters. The summed E-state index contributed by atoms with van der Waals surface area (Å²) in [6.07, 6.45) is 6.30. The van der Waals surface area contributed by atoms with Crippen LogP contribution in [0.1, 0.15) is 37.7 Å². The van der Waals surface area contributed by atoms with Crippen LogP contribution in [0.4, 0.5) is 11.4 Å². The van der Waals surface area contributed by atoms with Gasteiger partial charge in [0.05, 0.1) is 6.54 Å². The SMILES string of the molecule is Cc1ccc(NC(=O)CN2CCCCCCC2)cc1N. The summed E-state index contributed by atoms with van der Waals surface area (Å²) >= 11 is 0. The van der Waals surface area contributed by atoms with Crippen LogP contribution in [0.5, 0.6) is 0 Å². The predicted molar refractivity (Wildman–Crippen MR) is 83.7 cm³/mol. The van der Waals surface area contributed by atoms with Crippen molar-refractivity contribution in [3.05, 3.63) is 23.8 Å². The molecule has 1 fully saturated rings. The standard InChI is InChI=1S/C16H25N3O/c1-13-7-8-14(11-15(13)17)18-16(20)12-19-9-5-3-2-4-6-10-19/h7-8,11H,2-6,9-10,12,17H2,1H3,(H,18,20). The van der Waals surface area contributed by atoms with Crippen molar-refractivity contribution >= 4 is 17.3 Å². The van der Waals surface area contributed by atoms with E-state index in [1.165, 1.54) is 32.1 Å². The van der Waals surface area contributed by atoms with E-state index in [1.807, 2.05) is 25.1 Å². The molecule has 4 heteroatoms. The van der Waals surface area contributed by atoms with Crippen molar-refractivity contribution in [2.45, 2.75) is 39.0 Å². The number of nitrogens with one attached hydrogen (secondary N) is 1. The van der Waals surface area contributed by atoms with E-state index in [9.17, 15) is 4.79 Å². The number of nitrogens with zero attached hydrogens (tertiary/aromatic N) is 1. The fourth-order valence-electron chi connectivity index (χ4n) is 2.59. The first-order chi connectivity index (χ1) is 9.65. The number of likely N-dealkylation sites (tertiary alicyclic amines) is 1. The zero-order valence-electron chi connectivity index (χ0n) is 12.3. The minimum atomic E-state index is 0.0498. The van der Waals surface area contributed by atoms with Gasteiger partial charge in [-0.1, -0.05) is 25.3 Å². The average molecular weight is 275 g/mol. The van der Waals surface area contributed by atoms with Gasteiger partial charge in [0.2, 0.25) is 5.91 Å². The Labute approximate surface area is 121 Å². The van der Waals surface area contributed by atoms with Crippen molar-refractivity contribution < 1.29 is 4.79 Å². The molecule has 0 saturated carbocycles. The van der Waals surface area contributed by atoms with Crippen molar-refractivity contribution in [1.82, 2.24) is 4.90 Å². The lowest BCUT2D eigenvalue weighted by Crippen LogP contribution is -2.35. The third-order valence-electron chi connectivity index (χ3n) is 3.88. The number of nitrogens with two attached hydrogens (primary N) is 1. The van der Waals surface area contributed by atoms with Crippen molar-refractivity contribution in [2.75, 3.05) is 30.7 Å². The highest BCUT2D eigenvalue weighted by molar-refractivity contribution is 5.92. The van der Waals surface area contributed by atoms with Gasteiger partial charge in [-0.15, -0.1) is 0 Å². The minimum Gasteiger partial charge on any atom is -0.398 e. The maximum absolute atomic E-state index is 12.1. The van der Waals surface area contributed by atoms with Crippen molar-refractivity contribution in [1.29, 1.82) is 0 Å². The Balaban J connectivity index is 1.85. The summed E-state index contributed by atoms with van der Waals surface area (Å²) in [5.74, 6) is 0.0498. The van der Waals surface area contributed by atoms with E-state index < -0.39 is 0 Å². The summed E-state index contributed by atoms with van der Waals surface area (Å²) in [4.78, 5) is 14.3. The van der Waals surface area contributed by atoms with Gasteiger partial charge in [-0.05, 0) is 50.6 Å². The second kappa shape index (κ2) is 7.29. The van der Waals surface area contributed by atoms with Gasteiger partial charge in [-0.25, -0.2) is 0 Å². The number of hydrogen-bond acceptors (Lipinski definition) is 3. The Kier molecular flexibility index (Phi) is 5.41. The van der Waals surface area contributed by atoms with E-state index in [4.69, 9.17) is 5.73 Å². The normalized spacial score (nSPS) is 17.2. The van der Waals surface area contributed by atoms with Crippen LogP contribution in [0.2, 0.25) is 0 Å². The fourth-order valence-corrected chi connectivity index (χ4v) is 2.59. The second-order valence-electron chi connectivity index (χ2n) is 5.66. The van der Waals surface area contributed by atoms with Gasteiger partial charge in [-0.2, -0.15) is 0 Å². The zero-order chi connectivity index (χ0) is 14.4. The van der Waals surface area contributed by atoms with Crippen LogP contribution in [0.25, 0.3) is 0 Å². The molecule has 1 aromatic rings. The lowest BCUT2D eigenvalue weighted by Gasteiger charge is -2.23. The van der Waals surface area contributed by atoms with Gasteiger partial charge in [0, 0.05) is 11.4 Å². The Morgan fingerprint density at radius 2 is 1.85 bits per heavy atom. The molecule has 20 heavy (non-hydrogen) atoms. The van der Waals surface area contributed by atoms with E-state index >= 15 is 0 Å². The molecular weight excluding hydrogens is 250 g/mol. The van der Waals surface area contributed by atoms with Crippen LogP contribution in [-0.4, -0.2) is 30.4 Å². The first-order valence-corrected chi connectivity index (χ1v) is 7.53. The number of hydrogen-bond donors (Lipinski definition) is 2. The zero-order valence-corrected chi connectivity index (χ0v) is 12.3. The number of carbonyl (C=O) groups is 1. The first kappa shape index (κ1) is 14.9.